The number of fused-ring (bicyclic) bond motifs is 3. The highest BCUT2D eigenvalue weighted by Gasteiger charge is 2.25. The second-order valence-electron chi connectivity index (χ2n) is 5.92. The summed E-state index contributed by atoms with van der Waals surface area (Å²) in [6.07, 6.45) is 0. The van der Waals surface area contributed by atoms with Gasteiger partial charge >= 0.3 is 0 Å². The molecule has 2 heterocycles. The van der Waals surface area contributed by atoms with Gasteiger partial charge in [-0.15, -0.1) is 0 Å². The molecule has 0 atom stereocenters. The average Bonchev–Trinajstić information content (AvgIpc) is 2.88. The number of carbonyl (C=O) groups is 1. The summed E-state index contributed by atoms with van der Waals surface area (Å²) in [6, 6.07) is 13.5. The molecule has 0 radical (unpaired) electrons. The molecule has 1 aliphatic heterocycles. The number of benzene rings is 2. The van der Waals surface area contributed by atoms with Crippen molar-refractivity contribution in [2.24, 2.45) is 0 Å². The zero-order valence-corrected chi connectivity index (χ0v) is 13.8. The fourth-order valence-corrected chi connectivity index (χ4v) is 3.67. The van der Waals surface area contributed by atoms with Crippen LogP contribution >= 0.6 is 11.6 Å². The van der Waals surface area contributed by atoms with E-state index in [4.69, 9.17) is 11.6 Å². The Morgan fingerprint density at radius 1 is 1.29 bits per heavy atom. The van der Waals surface area contributed by atoms with Gasteiger partial charge in [-0.25, -0.2) is 0 Å². The largest absolute Gasteiger partial charge is 0.349 e. The van der Waals surface area contributed by atoms with Gasteiger partial charge < -0.3 is 9.88 Å². The molecule has 2 aromatic carbocycles. The molecule has 5 heteroatoms. The van der Waals surface area contributed by atoms with Crippen molar-refractivity contribution in [1.29, 1.82) is 5.26 Å². The number of carbonyl (C=O) groups excluding carboxylic acids is 1. The van der Waals surface area contributed by atoms with Crippen LogP contribution in [0.2, 0.25) is 5.02 Å². The van der Waals surface area contributed by atoms with Gasteiger partial charge in [0.05, 0.1) is 17.1 Å². The molecular formula is C19H14ClN3O. The van der Waals surface area contributed by atoms with Crippen LogP contribution in [0.15, 0.2) is 36.4 Å². The van der Waals surface area contributed by atoms with Gasteiger partial charge in [0, 0.05) is 29.1 Å². The predicted octanol–water partition coefficient (Wildman–Crippen LogP) is 3.89. The van der Waals surface area contributed by atoms with Gasteiger partial charge in [0.25, 0.3) is 5.91 Å². The Morgan fingerprint density at radius 2 is 2.12 bits per heavy atom. The Kier molecular flexibility index (Phi) is 3.33. The average molecular weight is 336 g/mol. The first kappa shape index (κ1) is 14.8. The molecule has 1 aromatic heterocycles. The Labute approximate surface area is 144 Å². The van der Waals surface area contributed by atoms with E-state index >= 15 is 0 Å². The van der Waals surface area contributed by atoms with E-state index in [9.17, 15) is 10.1 Å². The summed E-state index contributed by atoms with van der Waals surface area (Å²) in [6.45, 7) is 3.25. The van der Waals surface area contributed by atoms with E-state index in [-0.39, 0.29) is 5.91 Å². The monoisotopic (exact) mass is 335 g/mol. The maximum atomic E-state index is 12.3. The van der Waals surface area contributed by atoms with E-state index in [1.54, 1.807) is 0 Å². The summed E-state index contributed by atoms with van der Waals surface area (Å²) >= 11 is 6.16. The molecule has 4 nitrogen and oxygen atoms in total. The summed E-state index contributed by atoms with van der Waals surface area (Å²) in [5.74, 6) is -0.0644. The number of nitrogens with one attached hydrogen (secondary N) is 1. The van der Waals surface area contributed by atoms with E-state index in [0.29, 0.717) is 29.4 Å². The predicted molar refractivity (Wildman–Crippen MR) is 94.2 cm³/mol. The summed E-state index contributed by atoms with van der Waals surface area (Å²) in [5, 5.41) is 13.9. The van der Waals surface area contributed by atoms with Crippen LogP contribution in [0.3, 0.4) is 0 Å². The normalized spacial score (nSPS) is 13.5. The molecule has 1 N–H and O–H groups in total. The maximum absolute atomic E-state index is 12.3. The fourth-order valence-electron chi connectivity index (χ4n) is 3.47. The second-order valence-corrected chi connectivity index (χ2v) is 6.36. The number of aryl methyl sites for hydroxylation is 1. The van der Waals surface area contributed by atoms with Gasteiger partial charge in [0.1, 0.15) is 5.69 Å². The third-order valence-electron chi connectivity index (χ3n) is 4.51. The molecule has 118 valence electrons. The summed E-state index contributed by atoms with van der Waals surface area (Å²) < 4.78 is 2.06. The Balaban J connectivity index is 2.15. The minimum absolute atomic E-state index is 0.0644. The van der Waals surface area contributed by atoms with E-state index < -0.39 is 0 Å². The van der Waals surface area contributed by atoms with Gasteiger partial charge in [-0.3, -0.25) is 4.79 Å². The molecule has 0 saturated heterocycles. The van der Waals surface area contributed by atoms with Crippen molar-refractivity contribution in [1.82, 2.24) is 9.88 Å². The van der Waals surface area contributed by atoms with Gasteiger partial charge in [-0.05, 0) is 42.3 Å². The third kappa shape index (κ3) is 2.10. The highest BCUT2D eigenvalue weighted by Crippen LogP contribution is 2.36. The number of rotatable bonds is 1. The second kappa shape index (κ2) is 5.40. The van der Waals surface area contributed by atoms with Crippen LogP contribution in [0.25, 0.3) is 22.0 Å². The van der Waals surface area contributed by atoms with Crippen molar-refractivity contribution in [3.63, 3.8) is 0 Å². The first-order valence-corrected chi connectivity index (χ1v) is 8.09. The minimum Gasteiger partial charge on any atom is -0.349 e. The Hall–Kier alpha value is -2.77. The SMILES string of the molecule is Cc1c2n(c3c(-c4cccc(Cl)c4)cc(C#N)cc13)CCNC2=O. The molecule has 1 aliphatic rings. The van der Waals surface area contributed by atoms with Crippen LogP contribution in [-0.2, 0) is 6.54 Å². The van der Waals surface area contributed by atoms with E-state index in [2.05, 4.69) is 16.0 Å². The number of halogens is 1. The third-order valence-corrected chi connectivity index (χ3v) is 4.74. The molecule has 0 spiro atoms. The van der Waals surface area contributed by atoms with Gasteiger partial charge in [0.15, 0.2) is 0 Å². The zero-order chi connectivity index (χ0) is 16.8. The molecule has 0 bridgehead atoms. The lowest BCUT2D eigenvalue weighted by molar-refractivity contribution is 0.0928. The quantitative estimate of drug-likeness (QED) is 0.733. The topological polar surface area (TPSA) is 57.8 Å². The van der Waals surface area contributed by atoms with Gasteiger partial charge in [-0.2, -0.15) is 5.26 Å². The van der Waals surface area contributed by atoms with Crippen LogP contribution in [0, 0.1) is 18.3 Å². The summed E-state index contributed by atoms with van der Waals surface area (Å²) in [4.78, 5) is 12.3. The lowest BCUT2D eigenvalue weighted by atomic mass is 9.99. The van der Waals surface area contributed by atoms with Crippen LogP contribution in [0.5, 0.6) is 0 Å². The number of hydrogen-bond donors (Lipinski definition) is 1. The highest BCUT2D eigenvalue weighted by molar-refractivity contribution is 6.31. The lowest BCUT2D eigenvalue weighted by Gasteiger charge is -2.18. The first-order valence-electron chi connectivity index (χ1n) is 7.71. The first-order chi connectivity index (χ1) is 11.6. The number of nitrogens with zero attached hydrogens (tertiary/aromatic N) is 2. The molecular weight excluding hydrogens is 322 g/mol. The van der Waals surface area contributed by atoms with Crippen LogP contribution < -0.4 is 5.32 Å². The Bertz CT molecular complexity index is 1040. The Morgan fingerprint density at radius 3 is 2.88 bits per heavy atom. The van der Waals surface area contributed by atoms with E-state index in [1.165, 1.54) is 0 Å². The molecule has 0 saturated carbocycles. The van der Waals surface area contributed by atoms with Crippen LogP contribution in [0.1, 0.15) is 21.6 Å². The van der Waals surface area contributed by atoms with Gasteiger partial charge in [0.2, 0.25) is 0 Å². The minimum atomic E-state index is -0.0644. The van der Waals surface area contributed by atoms with Gasteiger partial charge in [-0.1, -0.05) is 23.7 Å². The molecule has 0 fully saturated rings. The van der Waals surface area contributed by atoms with E-state index in [0.717, 1.165) is 27.6 Å². The molecule has 3 aromatic rings. The van der Waals surface area contributed by atoms with Crippen molar-refractivity contribution in [2.45, 2.75) is 13.5 Å². The number of nitriles is 1. The summed E-state index contributed by atoms with van der Waals surface area (Å²) in [7, 11) is 0. The van der Waals surface area contributed by atoms with Crippen molar-refractivity contribution in [3.8, 4) is 17.2 Å². The standard InChI is InChI=1S/C19H14ClN3O/c1-11-15-7-12(10-21)8-16(13-3-2-4-14(20)9-13)18(15)23-6-5-22-19(24)17(11)23/h2-4,7-9H,5-6H2,1H3,(H,22,24). The van der Waals surface area contributed by atoms with Crippen molar-refractivity contribution in [2.75, 3.05) is 6.54 Å². The molecule has 0 aliphatic carbocycles. The van der Waals surface area contributed by atoms with Crippen molar-refractivity contribution < 1.29 is 4.79 Å². The van der Waals surface area contributed by atoms with E-state index in [1.807, 2.05) is 43.3 Å². The highest BCUT2D eigenvalue weighted by atomic mass is 35.5. The number of aromatic nitrogens is 1. The summed E-state index contributed by atoms with van der Waals surface area (Å²) in [5.41, 5.74) is 5.01. The smallest absolute Gasteiger partial charge is 0.268 e. The maximum Gasteiger partial charge on any atom is 0.268 e. The van der Waals surface area contributed by atoms with Crippen LogP contribution in [-0.4, -0.2) is 17.0 Å². The lowest BCUT2D eigenvalue weighted by Crippen LogP contribution is -2.35. The zero-order valence-electron chi connectivity index (χ0n) is 13.1. The molecule has 24 heavy (non-hydrogen) atoms. The van der Waals surface area contributed by atoms with Crippen LogP contribution in [0.4, 0.5) is 0 Å². The fraction of sp³-hybridized carbons (Fsp3) is 0.158. The molecule has 4 rings (SSSR count). The molecule has 1 amide bonds. The number of amides is 1. The molecule has 0 unspecified atom stereocenters. The van der Waals surface area contributed by atoms with Crippen molar-refractivity contribution in [3.05, 3.63) is 58.2 Å². The van der Waals surface area contributed by atoms with Crippen molar-refractivity contribution >= 4 is 28.4 Å². The number of hydrogen-bond acceptors (Lipinski definition) is 2.